The zero-order valence-corrected chi connectivity index (χ0v) is 19.6. The number of para-hydroxylation sites is 2. The fourth-order valence-corrected chi connectivity index (χ4v) is 4.91. The van der Waals surface area contributed by atoms with Gasteiger partial charge >= 0.3 is 0 Å². The van der Waals surface area contributed by atoms with Crippen molar-refractivity contribution in [2.75, 3.05) is 5.75 Å². The van der Waals surface area contributed by atoms with Gasteiger partial charge in [0.2, 0.25) is 5.91 Å². The van der Waals surface area contributed by atoms with Gasteiger partial charge in [0.15, 0.2) is 16.6 Å². The summed E-state index contributed by atoms with van der Waals surface area (Å²) in [5, 5.41) is 10.4. The Hall–Kier alpha value is -4.11. The fourth-order valence-electron chi connectivity index (χ4n) is 4.14. The van der Waals surface area contributed by atoms with Crippen LogP contribution < -0.4 is 5.32 Å². The first kappa shape index (κ1) is 21.4. The van der Waals surface area contributed by atoms with E-state index in [4.69, 9.17) is 19.5 Å². The molecule has 4 heterocycles. The van der Waals surface area contributed by atoms with Crippen LogP contribution in [0.2, 0.25) is 0 Å². The molecule has 174 valence electrons. The first-order valence-electron chi connectivity index (χ1n) is 11.4. The Bertz CT molecular complexity index is 1640. The SMILES string of the molecule is O=C(CSc1nc2ccccc2c2nc(CCc3c[nH]c4ccccc34)nn12)NCc1ccco1. The van der Waals surface area contributed by atoms with E-state index in [-0.39, 0.29) is 11.7 Å². The van der Waals surface area contributed by atoms with Gasteiger partial charge in [-0.05, 0) is 42.3 Å². The lowest BCUT2D eigenvalue weighted by Crippen LogP contribution is -2.24. The third-order valence-electron chi connectivity index (χ3n) is 5.86. The van der Waals surface area contributed by atoms with Gasteiger partial charge in [-0.25, -0.2) is 9.97 Å². The highest BCUT2D eigenvalue weighted by Crippen LogP contribution is 2.25. The molecule has 0 unspecified atom stereocenters. The molecule has 0 radical (unpaired) electrons. The van der Waals surface area contributed by atoms with E-state index in [1.54, 1.807) is 16.8 Å². The lowest BCUT2D eigenvalue weighted by Gasteiger charge is -2.06. The van der Waals surface area contributed by atoms with Crippen molar-refractivity contribution in [3.63, 3.8) is 0 Å². The van der Waals surface area contributed by atoms with Gasteiger partial charge in [-0.2, -0.15) is 4.52 Å². The Morgan fingerprint density at radius 1 is 1.00 bits per heavy atom. The summed E-state index contributed by atoms with van der Waals surface area (Å²) in [7, 11) is 0. The summed E-state index contributed by atoms with van der Waals surface area (Å²) in [4.78, 5) is 25.4. The van der Waals surface area contributed by atoms with Crippen LogP contribution in [0.5, 0.6) is 0 Å². The van der Waals surface area contributed by atoms with E-state index < -0.39 is 0 Å². The van der Waals surface area contributed by atoms with Crippen molar-refractivity contribution in [1.29, 1.82) is 0 Å². The van der Waals surface area contributed by atoms with E-state index in [9.17, 15) is 4.79 Å². The summed E-state index contributed by atoms with van der Waals surface area (Å²) in [6, 6.07) is 19.8. The van der Waals surface area contributed by atoms with E-state index in [1.165, 1.54) is 22.7 Å². The molecule has 0 fully saturated rings. The molecule has 0 aliphatic heterocycles. The van der Waals surface area contributed by atoms with Gasteiger partial charge in [-0.1, -0.05) is 42.1 Å². The number of benzene rings is 2. The fraction of sp³-hybridized carbons (Fsp3) is 0.154. The molecule has 0 aliphatic carbocycles. The van der Waals surface area contributed by atoms with Crippen molar-refractivity contribution in [2.45, 2.75) is 24.5 Å². The first-order chi connectivity index (χ1) is 17.2. The van der Waals surface area contributed by atoms with Crippen LogP contribution >= 0.6 is 11.8 Å². The molecule has 6 aromatic rings. The summed E-state index contributed by atoms with van der Waals surface area (Å²) >= 11 is 1.34. The summed E-state index contributed by atoms with van der Waals surface area (Å²) in [6.45, 7) is 0.355. The van der Waals surface area contributed by atoms with E-state index in [2.05, 4.69) is 34.7 Å². The second kappa shape index (κ2) is 9.27. The minimum Gasteiger partial charge on any atom is -0.467 e. The highest BCUT2D eigenvalue weighted by atomic mass is 32.2. The summed E-state index contributed by atoms with van der Waals surface area (Å²) in [6.07, 6.45) is 5.17. The third-order valence-corrected chi connectivity index (χ3v) is 6.79. The minimum atomic E-state index is -0.103. The second-order valence-corrected chi connectivity index (χ2v) is 9.12. The number of aromatic nitrogens is 5. The van der Waals surface area contributed by atoms with Crippen molar-refractivity contribution in [2.24, 2.45) is 0 Å². The number of carbonyl (C=O) groups is 1. The van der Waals surface area contributed by atoms with Crippen LogP contribution in [0.3, 0.4) is 0 Å². The van der Waals surface area contributed by atoms with E-state index >= 15 is 0 Å². The molecule has 0 spiro atoms. The quantitative estimate of drug-likeness (QED) is 0.244. The number of hydrogen-bond acceptors (Lipinski definition) is 6. The van der Waals surface area contributed by atoms with Gasteiger partial charge in [0.25, 0.3) is 0 Å². The van der Waals surface area contributed by atoms with Crippen molar-refractivity contribution < 1.29 is 9.21 Å². The minimum absolute atomic E-state index is 0.103. The van der Waals surface area contributed by atoms with Crippen LogP contribution in [0.1, 0.15) is 17.1 Å². The maximum atomic E-state index is 12.4. The Balaban J connectivity index is 1.24. The van der Waals surface area contributed by atoms with Crippen molar-refractivity contribution in [3.8, 4) is 0 Å². The molecule has 0 atom stereocenters. The number of carbonyl (C=O) groups excluding carboxylic acids is 1. The highest BCUT2D eigenvalue weighted by Gasteiger charge is 2.16. The maximum absolute atomic E-state index is 12.4. The molecule has 0 saturated heterocycles. The number of thioether (sulfide) groups is 1. The molecule has 35 heavy (non-hydrogen) atoms. The first-order valence-corrected chi connectivity index (χ1v) is 12.3. The average Bonchev–Trinajstić information content (AvgIpc) is 3.64. The van der Waals surface area contributed by atoms with Gasteiger partial charge < -0.3 is 14.7 Å². The number of H-pyrrole nitrogens is 1. The Labute approximate surface area is 204 Å². The second-order valence-electron chi connectivity index (χ2n) is 8.18. The smallest absolute Gasteiger partial charge is 0.230 e. The number of hydrogen-bond donors (Lipinski definition) is 2. The lowest BCUT2D eigenvalue weighted by molar-refractivity contribution is -0.118. The number of fused-ring (bicyclic) bond motifs is 4. The topological polar surface area (TPSA) is 101 Å². The van der Waals surface area contributed by atoms with Crippen molar-refractivity contribution in [3.05, 3.63) is 90.3 Å². The molecule has 0 bridgehead atoms. The van der Waals surface area contributed by atoms with Crippen LogP contribution in [0.25, 0.3) is 27.5 Å². The molecule has 2 aromatic carbocycles. The summed E-state index contributed by atoms with van der Waals surface area (Å²) < 4.78 is 7.03. The maximum Gasteiger partial charge on any atom is 0.230 e. The van der Waals surface area contributed by atoms with Crippen LogP contribution in [-0.4, -0.2) is 36.2 Å². The molecule has 0 saturated carbocycles. The molecule has 4 aromatic heterocycles. The zero-order chi connectivity index (χ0) is 23.6. The number of furan rings is 1. The van der Waals surface area contributed by atoms with Gasteiger partial charge in [-0.3, -0.25) is 4.79 Å². The van der Waals surface area contributed by atoms with E-state index in [1.807, 2.05) is 36.4 Å². The standard InChI is InChI=1S/C26H22N6O2S/c33-24(28-15-18-6-5-13-34-18)16-35-26-29-22-10-4-2-8-20(22)25-30-23(31-32(25)26)12-11-17-14-27-21-9-3-1-7-19(17)21/h1-10,13-14,27H,11-12,15-16H2,(H,28,33). The number of rotatable bonds is 8. The van der Waals surface area contributed by atoms with Gasteiger partial charge in [0.1, 0.15) is 5.76 Å². The number of amides is 1. The predicted octanol–water partition coefficient (Wildman–Crippen LogP) is 4.55. The number of aromatic amines is 1. The number of nitrogens with zero attached hydrogens (tertiary/aromatic N) is 4. The molecular formula is C26H22N6O2S. The normalized spacial score (nSPS) is 11.5. The molecule has 8 nitrogen and oxygen atoms in total. The third kappa shape index (κ3) is 4.38. The molecule has 0 aliphatic rings. The van der Waals surface area contributed by atoms with E-state index in [0.29, 0.717) is 23.9 Å². The van der Waals surface area contributed by atoms with Crippen LogP contribution in [0.4, 0.5) is 0 Å². The largest absolute Gasteiger partial charge is 0.467 e. The molecule has 1 amide bonds. The molecule has 9 heteroatoms. The number of nitrogens with one attached hydrogen (secondary N) is 2. The molecule has 2 N–H and O–H groups in total. The van der Waals surface area contributed by atoms with E-state index in [0.717, 1.165) is 34.3 Å². The van der Waals surface area contributed by atoms with Crippen molar-refractivity contribution in [1.82, 2.24) is 29.9 Å². The van der Waals surface area contributed by atoms with Gasteiger partial charge in [-0.15, -0.1) is 5.10 Å². The van der Waals surface area contributed by atoms with Gasteiger partial charge in [0.05, 0.1) is 24.1 Å². The monoisotopic (exact) mass is 482 g/mol. The zero-order valence-electron chi connectivity index (χ0n) is 18.8. The van der Waals surface area contributed by atoms with Gasteiger partial charge in [0, 0.05) is 28.9 Å². The summed E-state index contributed by atoms with van der Waals surface area (Å²) in [5.74, 6) is 1.57. The van der Waals surface area contributed by atoms with Crippen LogP contribution in [0, 0.1) is 0 Å². The van der Waals surface area contributed by atoms with Crippen LogP contribution in [-0.2, 0) is 24.2 Å². The Morgan fingerprint density at radius 2 is 1.86 bits per heavy atom. The summed E-state index contributed by atoms with van der Waals surface area (Å²) in [5.41, 5.74) is 3.95. The highest BCUT2D eigenvalue weighted by molar-refractivity contribution is 7.99. The molecule has 6 rings (SSSR count). The molecular weight excluding hydrogens is 460 g/mol. The predicted molar refractivity (Wildman–Crippen MR) is 135 cm³/mol. The Kier molecular flexibility index (Phi) is 5.67. The lowest BCUT2D eigenvalue weighted by atomic mass is 10.1. The Morgan fingerprint density at radius 3 is 2.74 bits per heavy atom. The van der Waals surface area contributed by atoms with Crippen LogP contribution in [0.15, 0.2) is 82.7 Å². The van der Waals surface area contributed by atoms with Crippen molar-refractivity contribution >= 4 is 45.1 Å². The average molecular weight is 483 g/mol. The number of aryl methyl sites for hydroxylation is 2.